The molecule has 0 radical (unpaired) electrons. The molecular formula is C38H25NO2. The number of carbonyl (C=O) groups is 1. The van der Waals surface area contributed by atoms with E-state index in [2.05, 4.69) is 97.1 Å². The van der Waals surface area contributed by atoms with E-state index in [1.54, 1.807) is 0 Å². The number of pyridine rings is 1. The monoisotopic (exact) mass is 527 g/mol. The van der Waals surface area contributed by atoms with Crippen LogP contribution in [0.25, 0.3) is 71.5 Å². The number of nitrogens with zero attached hydrogens (tertiary/aromatic N) is 1. The topological polar surface area (TPSA) is 50.2 Å². The first-order chi connectivity index (χ1) is 20.2. The highest BCUT2D eigenvalue weighted by atomic mass is 16.2. The number of aromatic nitrogens is 1. The van der Waals surface area contributed by atoms with E-state index >= 15 is 0 Å². The number of hydrogen-bond donors (Lipinski definition) is 1. The van der Waals surface area contributed by atoms with E-state index in [4.69, 9.17) is 4.98 Å². The number of para-hydroxylation sites is 1. The highest BCUT2D eigenvalue weighted by Crippen LogP contribution is 2.40. The summed E-state index contributed by atoms with van der Waals surface area (Å²) in [6.07, 6.45) is 1.51. The Balaban J connectivity index is 1.50. The number of rotatable bonds is 5. The number of benzene rings is 6. The van der Waals surface area contributed by atoms with Crippen LogP contribution in [0.1, 0.15) is 5.56 Å². The number of carbonyl (C=O) groups excluding carboxylic acids is 1. The fourth-order valence-corrected chi connectivity index (χ4v) is 5.72. The van der Waals surface area contributed by atoms with Crippen LogP contribution < -0.4 is 0 Å². The number of allylic oxidation sites excluding steroid dienone is 1. The SMILES string of the molecule is O=C/C(=C/O)c1ccc(-c2cc(-c3cc(-c4ccccc4)c4ccccc4n3)cc3ccc4ccccc4c23)cc1. The van der Waals surface area contributed by atoms with Gasteiger partial charge in [0.25, 0.3) is 0 Å². The molecule has 41 heavy (non-hydrogen) atoms. The van der Waals surface area contributed by atoms with E-state index in [9.17, 15) is 9.90 Å². The molecule has 1 aromatic heterocycles. The van der Waals surface area contributed by atoms with Gasteiger partial charge < -0.3 is 5.11 Å². The first-order valence-electron chi connectivity index (χ1n) is 13.5. The second-order valence-electron chi connectivity index (χ2n) is 10.1. The Morgan fingerprint density at radius 1 is 0.585 bits per heavy atom. The van der Waals surface area contributed by atoms with Crippen LogP contribution in [0.2, 0.25) is 0 Å². The number of aliphatic hydroxyl groups is 1. The Hall–Kier alpha value is -5.54. The van der Waals surface area contributed by atoms with Crippen molar-refractivity contribution < 1.29 is 9.90 Å². The molecule has 1 heterocycles. The van der Waals surface area contributed by atoms with Crippen molar-refractivity contribution in [3.63, 3.8) is 0 Å². The van der Waals surface area contributed by atoms with Crippen LogP contribution in [-0.4, -0.2) is 16.4 Å². The predicted molar refractivity (Wildman–Crippen MR) is 170 cm³/mol. The maximum Gasteiger partial charge on any atom is 0.153 e. The zero-order valence-electron chi connectivity index (χ0n) is 22.2. The summed E-state index contributed by atoms with van der Waals surface area (Å²) in [4.78, 5) is 16.5. The molecule has 1 N–H and O–H groups in total. The van der Waals surface area contributed by atoms with Gasteiger partial charge in [-0.15, -0.1) is 0 Å². The molecule has 0 spiro atoms. The van der Waals surface area contributed by atoms with Crippen molar-refractivity contribution in [3.05, 3.63) is 145 Å². The average molecular weight is 528 g/mol. The van der Waals surface area contributed by atoms with Crippen molar-refractivity contribution in [1.82, 2.24) is 4.98 Å². The first-order valence-corrected chi connectivity index (χ1v) is 13.5. The minimum absolute atomic E-state index is 0.245. The van der Waals surface area contributed by atoms with Gasteiger partial charge in [0.1, 0.15) is 0 Å². The zero-order valence-corrected chi connectivity index (χ0v) is 22.2. The number of hydrogen-bond acceptors (Lipinski definition) is 3. The van der Waals surface area contributed by atoms with Crippen LogP contribution in [-0.2, 0) is 4.79 Å². The molecule has 0 aliphatic carbocycles. The standard InChI is InChI=1S/C38H25NO2/c40-23-31(24-41)25-14-16-28(17-15-25)35-21-30(20-29-19-18-27-10-4-5-11-32(27)38(29)35)37-22-34(26-8-2-1-3-9-26)33-12-6-7-13-36(33)39-37/h1-24,40H/b31-23-. The van der Waals surface area contributed by atoms with E-state index in [1.807, 2.05) is 36.4 Å². The molecule has 194 valence electrons. The quantitative estimate of drug-likeness (QED) is 0.105. The van der Waals surface area contributed by atoms with Crippen molar-refractivity contribution in [2.75, 3.05) is 0 Å². The van der Waals surface area contributed by atoms with E-state index in [-0.39, 0.29) is 5.57 Å². The summed E-state index contributed by atoms with van der Waals surface area (Å²) < 4.78 is 0. The molecule has 0 unspecified atom stereocenters. The van der Waals surface area contributed by atoms with Crippen molar-refractivity contribution in [3.8, 4) is 33.5 Å². The van der Waals surface area contributed by atoms with Crippen molar-refractivity contribution in [2.45, 2.75) is 0 Å². The Kier molecular flexibility index (Phi) is 6.10. The fourth-order valence-electron chi connectivity index (χ4n) is 5.72. The molecule has 6 aromatic carbocycles. The van der Waals surface area contributed by atoms with Gasteiger partial charge in [-0.2, -0.15) is 0 Å². The third-order valence-electron chi connectivity index (χ3n) is 7.73. The molecular weight excluding hydrogens is 502 g/mol. The Morgan fingerprint density at radius 3 is 2.05 bits per heavy atom. The summed E-state index contributed by atoms with van der Waals surface area (Å²) in [7, 11) is 0. The zero-order chi connectivity index (χ0) is 27.8. The maximum atomic E-state index is 11.4. The molecule has 0 saturated heterocycles. The summed E-state index contributed by atoms with van der Waals surface area (Å²) in [5.74, 6) is 0. The van der Waals surface area contributed by atoms with Crippen molar-refractivity contribution in [2.24, 2.45) is 0 Å². The molecule has 0 saturated carbocycles. The molecule has 3 heteroatoms. The van der Waals surface area contributed by atoms with Gasteiger partial charge in [-0.1, -0.05) is 109 Å². The van der Waals surface area contributed by atoms with Gasteiger partial charge in [-0.3, -0.25) is 4.79 Å². The van der Waals surface area contributed by atoms with Crippen LogP contribution >= 0.6 is 0 Å². The highest BCUT2D eigenvalue weighted by molar-refractivity contribution is 6.16. The molecule has 7 aromatic rings. The molecule has 0 bridgehead atoms. The van der Waals surface area contributed by atoms with Crippen LogP contribution in [0, 0.1) is 0 Å². The maximum absolute atomic E-state index is 11.4. The van der Waals surface area contributed by atoms with Crippen LogP contribution in [0.15, 0.2) is 140 Å². The Labute approximate surface area is 237 Å². The van der Waals surface area contributed by atoms with E-state index in [1.165, 1.54) is 10.8 Å². The van der Waals surface area contributed by atoms with Crippen molar-refractivity contribution >= 4 is 44.3 Å². The molecule has 0 fully saturated rings. The second-order valence-corrected chi connectivity index (χ2v) is 10.1. The predicted octanol–water partition coefficient (Wildman–Crippen LogP) is 9.64. The summed E-state index contributed by atoms with van der Waals surface area (Å²) in [5, 5.41) is 15.2. The lowest BCUT2D eigenvalue weighted by Crippen LogP contribution is -1.92. The van der Waals surface area contributed by atoms with Crippen LogP contribution in [0.3, 0.4) is 0 Å². The Bertz CT molecular complexity index is 2110. The van der Waals surface area contributed by atoms with Gasteiger partial charge >= 0.3 is 0 Å². The summed E-state index contributed by atoms with van der Waals surface area (Å²) in [6.45, 7) is 0. The average Bonchev–Trinajstić information content (AvgIpc) is 3.05. The molecule has 0 aliphatic heterocycles. The van der Waals surface area contributed by atoms with Crippen LogP contribution in [0.4, 0.5) is 0 Å². The second kappa shape index (κ2) is 10.2. The van der Waals surface area contributed by atoms with E-state index in [0.717, 1.165) is 61.4 Å². The summed E-state index contributed by atoms with van der Waals surface area (Å²) in [6, 6.07) is 45.9. The lowest BCUT2D eigenvalue weighted by molar-refractivity contribution is -0.103. The van der Waals surface area contributed by atoms with E-state index < -0.39 is 0 Å². The smallest absolute Gasteiger partial charge is 0.153 e. The highest BCUT2D eigenvalue weighted by Gasteiger charge is 2.15. The Morgan fingerprint density at radius 2 is 1.27 bits per heavy atom. The lowest BCUT2D eigenvalue weighted by atomic mass is 9.90. The van der Waals surface area contributed by atoms with Crippen molar-refractivity contribution in [1.29, 1.82) is 0 Å². The number of aliphatic hydroxyl groups excluding tert-OH is 1. The number of fused-ring (bicyclic) bond motifs is 4. The van der Waals surface area contributed by atoms with Gasteiger partial charge in [-0.05, 0) is 73.6 Å². The minimum atomic E-state index is 0.245. The normalized spacial score (nSPS) is 11.8. The fraction of sp³-hybridized carbons (Fsp3) is 0. The molecule has 0 atom stereocenters. The van der Waals surface area contributed by atoms with Gasteiger partial charge in [0.2, 0.25) is 0 Å². The minimum Gasteiger partial charge on any atom is -0.515 e. The molecule has 0 amide bonds. The van der Waals surface area contributed by atoms with Gasteiger partial charge in [0, 0.05) is 10.9 Å². The lowest BCUT2D eigenvalue weighted by Gasteiger charge is -2.15. The van der Waals surface area contributed by atoms with Gasteiger partial charge in [0.15, 0.2) is 6.29 Å². The molecule has 3 nitrogen and oxygen atoms in total. The van der Waals surface area contributed by atoms with Gasteiger partial charge in [0.05, 0.1) is 23.0 Å². The molecule has 0 aliphatic rings. The largest absolute Gasteiger partial charge is 0.515 e. The van der Waals surface area contributed by atoms with Crippen LogP contribution in [0.5, 0.6) is 0 Å². The van der Waals surface area contributed by atoms with E-state index in [0.29, 0.717) is 11.8 Å². The summed E-state index contributed by atoms with van der Waals surface area (Å²) >= 11 is 0. The molecule has 7 rings (SSSR count). The van der Waals surface area contributed by atoms with Gasteiger partial charge in [-0.25, -0.2) is 4.98 Å². The summed E-state index contributed by atoms with van der Waals surface area (Å²) in [5.41, 5.74) is 8.19. The third-order valence-corrected chi connectivity index (χ3v) is 7.73. The third kappa shape index (κ3) is 4.34. The number of aldehydes is 1. The first kappa shape index (κ1) is 24.5.